The highest BCUT2D eigenvalue weighted by molar-refractivity contribution is 6.05. The molecule has 0 aliphatic carbocycles. The lowest BCUT2D eigenvalue weighted by atomic mass is 10.1. The van der Waals surface area contributed by atoms with Crippen LogP contribution >= 0.6 is 0 Å². The number of rotatable bonds is 9. The average molecular weight is 263 g/mol. The lowest BCUT2D eigenvalue weighted by Crippen LogP contribution is -2.25. The van der Waals surface area contributed by atoms with Gasteiger partial charge in [0, 0.05) is 11.8 Å². The SMILES string of the molecule is C=N/C=C(/C=C\C)C(=NC(CCC)CCC)NC=O. The van der Waals surface area contributed by atoms with Gasteiger partial charge < -0.3 is 5.32 Å². The van der Waals surface area contributed by atoms with Gasteiger partial charge in [0.25, 0.3) is 0 Å². The van der Waals surface area contributed by atoms with Crippen molar-refractivity contribution in [2.75, 3.05) is 0 Å². The van der Waals surface area contributed by atoms with Crippen LogP contribution in [0.25, 0.3) is 0 Å². The fourth-order valence-electron chi connectivity index (χ4n) is 1.83. The summed E-state index contributed by atoms with van der Waals surface area (Å²) in [5.74, 6) is 0.562. The molecule has 0 radical (unpaired) electrons. The summed E-state index contributed by atoms with van der Waals surface area (Å²) in [4.78, 5) is 19.1. The van der Waals surface area contributed by atoms with E-state index in [0.717, 1.165) is 31.3 Å². The summed E-state index contributed by atoms with van der Waals surface area (Å²) >= 11 is 0. The van der Waals surface area contributed by atoms with Crippen molar-refractivity contribution in [3.05, 3.63) is 23.9 Å². The minimum absolute atomic E-state index is 0.232. The summed E-state index contributed by atoms with van der Waals surface area (Å²) in [6, 6.07) is 0.232. The zero-order chi connectivity index (χ0) is 14.5. The number of aliphatic imine (C=N–C) groups is 2. The van der Waals surface area contributed by atoms with Crippen molar-refractivity contribution in [2.24, 2.45) is 9.98 Å². The predicted octanol–water partition coefficient (Wildman–Crippen LogP) is 3.26. The van der Waals surface area contributed by atoms with Gasteiger partial charge >= 0.3 is 0 Å². The number of hydrogen-bond acceptors (Lipinski definition) is 3. The molecule has 0 heterocycles. The summed E-state index contributed by atoms with van der Waals surface area (Å²) < 4.78 is 0. The maximum absolute atomic E-state index is 10.7. The maximum atomic E-state index is 10.7. The minimum Gasteiger partial charge on any atom is -0.313 e. The largest absolute Gasteiger partial charge is 0.313 e. The van der Waals surface area contributed by atoms with Crippen LogP contribution in [0.2, 0.25) is 0 Å². The molecule has 19 heavy (non-hydrogen) atoms. The first kappa shape index (κ1) is 17.3. The van der Waals surface area contributed by atoms with E-state index < -0.39 is 0 Å². The Morgan fingerprint density at radius 3 is 2.37 bits per heavy atom. The normalized spacial score (nSPS) is 13.1. The molecule has 0 fully saturated rings. The Balaban J connectivity index is 5.27. The van der Waals surface area contributed by atoms with Gasteiger partial charge in [0.1, 0.15) is 5.84 Å². The molecule has 0 aromatic rings. The molecule has 0 bridgehead atoms. The Morgan fingerprint density at radius 1 is 1.32 bits per heavy atom. The molecule has 0 unspecified atom stereocenters. The van der Waals surface area contributed by atoms with E-state index in [1.165, 1.54) is 0 Å². The molecule has 0 aliphatic heterocycles. The van der Waals surface area contributed by atoms with Gasteiger partial charge in [-0.25, -0.2) is 0 Å². The highest BCUT2D eigenvalue weighted by Crippen LogP contribution is 2.11. The summed E-state index contributed by atoms with van der Waals surface area (Å²) in [5, 5.41) is 2.66. The third-order valence-electron chi connectivity index (χ3n) is 2.60. The molecule has 4 nitrogen and oxygen atoms in total. The molecule has 0 atom stereocenters. The average Bonchev–Trinajstić information content (AvgIpc) is 2.38. The summed E-state index contributed by atoms with van der Waals surface area (Å²) in [7, 11) is 0. The van der Waals surface area contributed by atoms with Crippen LogP contribution in [0.15, 0.2) is 33.9 Å². The number of allylic oxidation sites excluding steroid dienone is 1. The van der Waals surface area contributed by atoms with Crippen LogP contribution in [-0.2, 0) is 4.79 Å². The number of carbonyl (C=O) groups excluding carboxylic acids is 1. The molecule has 0 rings (SSSR count). The third-order valence-corrected chi connectivity index (χ3v) is 2.60. The van der Waals surface area contributed by atoms with Crippen LogP contribution in [0, 0.1) is 0 Å². The van der Waals surface area contributed by atoms with Gasteiger partial charge in [-0.1, -0.05) is 38.8 Å². The van der Waals surface area contributed by atoms with Gasteiger partial charge in [-0.15, -0.1) is 0 Å². The highest BCUT2D eigenvalue weighted by atomic mass is 16.1. The quantitative estimate of drug-likeness (QED) is 0.295. The van der Waals surface area contributed by atoms with Gasteiger partial charge in [-0.05, 0) is 26.5 Å². The van der Waals surface area contributed by atoms with E-state index in [9.17, 15) is 4.79 Å². The number of hydrogen-bond donors (Lipinski definition) is 1. The molecule has 0 aromatic carbocycles. The first-order chi connectivity index (χ1) is 9.23. The molecule has 0 spiro atoms. The van der Waals surface area contributed by atoms with Gasteiger partial charge in [0.05, 0.1) is 6.04 Å². The van der Waals surface area contributed by atoms with Crippen molar-refractivity contribution < 1.29 is 4.79 Å². The van der Waals surface area contributed by atoms with Crippen molar-refractivity contribution in [1.29, 1.82) is 0 Å². The highest BCUT2D eigenvalue weighted by Gasteiger charge is 2.09. The van der Waals surface area contributed by atoms with E-state index in [1.807, 2.05) is 19.1 Å². The Morgan fingerprint density at radius 2 is 1.95 bits per heavy atom. The van der Waals surface area contributed by atoms with Crippen molar-refractivity contribution in [3.8, 4) is 0 Å². The number of nitrogens with one attached hydrogen (secondary N) is 1. The Kier molecular flexibility index (Phi) is 10.4. The van der Waals surface area contributed by atoms with Gasteiger partial charge in [-0.3, -0.25) is 14.8 Å². The lowest BCUT2D eigenvalue weighted by molar-refractivity contribution is -0.108. The third kappa shape index (κ3) is 7.34. The second-order valence-electron chi connectivity index (χ2n) is 4.24. The predicted molar refractivity (Wildman–Crippen MR) is 82.7 cm³/mol. The molecule has 0 aliphatic rings. The molecule has 4 heteroatoms. The van der Waals surface area contributed by atoms with Crippen molar-refractivity contribution in [1.82, 2.24) is 5.32 Å². The fraction of sp³-hybridized carbons (Fsp3) is 0.533. The minimum atomic E-state index is 0.232. The number of amides is 1. The number of amidine groups is 1. The van der Waals surface area contributed by atoms with E-state index in [0.29, 0.717) is 12.2 Å². The van der Waals surface area contributed by atoms with Crippen LogP contribution < -0.4 is 5.32 Å². The molecule has 0 aromatic heterocycles. The summed E-state index contributed by atoms with van der Waals surface area (Å²) in [5.41, 5.74) is 0.766. The second-order valence-corrected chi connectivity index (χ2v) is 4.24. The van der Waals surface area contributed by atoms with Gasteiger partial charge in [0.2, 0.25) is 6.41 Å². The molecule has 0 saturated heterocycles. The van der Waals surface area contributed by atoms with Crippen LogP contribution in [0.3, 0.4) is 0 Å². The van der Waals surface area contributed by atoms with Crippen molar-refractivity contribution in [3.63, 3.8) is 0 Å². The lowest BCUT2D eigenvalue weighted by Gasteiger charge is -2.13. The Labute approximate surface area is 116 Å². The van der Waals surface area contributed by atoms with Gasteiger partial charge in [0.15, 0.2) is 0 Å². The molecular formula is C15H25N3O. The van der Waals surface area contributed by atoms with E-state index in [2.05, 4.69) is 35.9 Å². The van der Waals surface area contributed by atoms with E-state index >= 15 is 0 Å². The van der Waals surface area contributed by atoms with Gasteiger partial charge in [-0.2, -0.15) is 0 Å². The monoisotopic (exact) mass is 263 g/mol. The van der Waals surface area contributed by atoms with Crippen molar-refractivity contribution in [2.45, 2.75) is 52.5 Å². The molecule has 106 valence electrons. The zero-order valence-corrected chi connectivity index (χ0v) is 12.2. The van der Waals surface area contributed by atoms with E-state index in [-0.39, 0.29) is 6.04 Å². The van der Waals surface area contributed by atoms with Crippen molar-refractivity contribution >= 4 is 19.0 Å². The van der Waals surface area contributed by atoms with Crippen LogP contribution in [0.4, 0.5) is 0 Å². The topological polar surface area (TPSA) is 53.8 Å². The van der Waals surface area contributed by atoms with Crippen LogP contribution in [-0.4, -0.2) is 25.0 Å². The number of carbonyl (C=O) groups is 1. The molecule has 1 amide bonds. The second kappa shape index (κ2) is 11.4. The Bertz CT molecular complexity index is 350. The zero-order valence-electron chi connectivity index (χ0n) is 12.2. The van der Waals surface area contributed by atoms with E-state index in [4.69, 9.17) is 0 Å². The first-order valence-corrected chi connectivity index (χ1v) is 6.80. The van der Waals surface area contributed by atoms with Crippen LogP contribution in [0.1, 0.15) is 46.5 Å². The first-order valence-electron chi connectivity index (χ1n) is 6.80. The molecular weight excluding hydrogens is 238 g/mol. The molecule has 0 saturated carbocycles. The summed E-state index contributed by atoms with van der Waals surface area (Å²) in [6.45, 7) is 9.63. The molecule has 1 N–H and O–H groups in total. The van der Waals surface area contributed by atoms with E-state index in [1.54, 1.807) is 6.20 Å². The standard InChI is InChI=1S/C15H25N3O/c1-5-8-13(11-16-4)15(17-12-19)18-14(9-6-2)10-7-3/h5,8,11-12,14H,4,6-7,9-10H2,1-3H3,(H,17,18,19)/b8-5-,13-11-. The smallest absolute Gasteiger partial charge is 0.212 e. The maximum Gasteiger partial charge on any atom is 0.212 e. The fourth-order valence-corrected chi connectivity index (χ4v) is 1.83. The van der Waals surface area contributed by atoms with Crippen LogP contribution in [0.5, 0.6) is 0 Å². The Hall–Kier alpha value is -1.71. The summed E-state index contributed by atoms with van der Waals surface area (Å²) in [6.07, 6.45) is 10.2. The number of nitrogens with zero attached hydrogens (tertiary/aromatic N) is 2.